The summed E-state index contributed by atoms with van der Waals surface area (Å²) in [5.41, 5.74) is 1.90. The van der Waals surface area contributed by atoms with Gasteiger partial charge in [0.2, 0.25) is 0 Å². The fourth-order valence-corrected chi connectivity index (χ4v) is 5.25. The Morgan fingerprint density at radius 3 is 2.85 bits per heavy atom. The zero-order chi connectivity index (χ0) is 18.4. The zero-order valence-corrected chi connectivity index (χ0v) is 16.2. The number of carbonyl (C=O) groups is 1. The Labute approximate surface area is 159 Å². The molecule has 7 heteroatoms. The molecule has 0 fully saturated rings. The van der Waals surface area contributed by atoms with Gasteiger partial charge in [-0.1, -0.05) is 12.1 Å². The number of hydrogen-bond donors (Lipinski definition) is 1. The minimum Gasteiger partial charge on any atom is -0.496 e. The molecule has 5 nitrogen and oxygen atoms in total. The van der Waals surface area contributed by atoms with Crippen LogP contribution < -0.4 is 10.3 Å². The molecule has 4 rings (SSSR count). The van der Waals surface area contributed by atoms with Crippen LogP contribution in [0.1, 0.15) is 39.2 Å². The summed E-state index contributed by atoms with van der Waals surface area (Å²) in [6.45, 7) is 1.86. The van der Waals surface area contributed by atoms with Gasteiger partial charge >= 0.3 is 0 Å². The quantitative estimate of drug-likeness (QED) is 0.676. The monoisotopic (exact) mass is 386 g/mol. The third-order valence-electron chi connectivity index (χ3n) is 4.86. The van der Waals surface area contributed by atoms with Crippen LogP contribution >= 0.6 is 23.6 Å². The molecule has 26 heavy (non-hydrogen) atoms. The number of para-hydroxylation sites is 1. The summed E-state index contributed by atoms with van der Waals surface area (Å²) in [6, 6.07) is 5.29. The summed E-state index contributed by atoms with van der Waals surface area (Å²) in [7, 11) is 1.51. The lowest BCUT2D eigenvalue weighted by molar-refractivity contribution is 0.0950. The van der Waals surface area contributed by atoms with Crippen LogP contribution in [0.4, 0.5) is 0 Å². The second-order valence-electron chi connectivity index (χ2n) is 6.45. The van der Waals surface area contributed by atoms with E-state index in [2.05, 4.69) is 4.98 Å². The van der Waals surface area contributed by atoms with Crippen LogP contribution in [0.15, 0.2) is 23.0 Å². The van der Waals surface area contributed by atoms with Gasteiger partial charge in [0, 0.05) is 4.88 Å². The molecule has 1 aromatic carbocycles. The molecular formula is C19H18N2O3S2. The maximum Gasteiger partial charge on any atom is 0.270 e. The molecule has 1 N–H and O–H groups in total. The fourth-order valence-electron chi connectivity index (χ4n) is 3.63. The van der Waals surface area contributed by atoms with Crippen LogP contribution in [-0.4, -0.2) is 22.6 Å². The van der Waals surface area contributed by atoms with E-state index in [9.17, 15) is 9.59 Å². The molecule has 0 aliphatic heterocycles. The number of aryl methyl sites for hydroxylation is 3. The van der Waals surface area contributed by atoms with Gasteiger partial charge in [0.25, 0.3) is 11.5 Å². The van der Waals surface area contributed by atoms with E-state index in [0.29, 0.717) is 16.7 Å². The van der Waals surface area contributed by atoms with E-state index in [4.69, 9.17) is 17.0 Å². The van der Waals surface area contributed by atoms with E-state index in [0.717, 1.165) is 46.2 Å². The smallest absolute Gasteiger partial charge is 0.270 e. The number of rotatable bonds is 2. The summed E-state index contributed by atoms with van der Waals surface area (Å²) >= 11 is 6.93. The molecule has 0 radical (unpaired) electrons. The first-order valence-electron chi connectivity index (χ1n) is 8.50. The number of methoxy groups -OCH3 is 1. The standard InChI is InChI=1S/C19H18N2O3S2/c1-10-6-5-8-12(15(10)24-2)17(22)21-18(23)14-11-7-3-4-9-13(11)26-16(14)20-19(21)25/h5-6,8H,3-4,7,9H2,1-2H3,(H,20,25). The Kier molecular flexibility index (Phi) is 4.28. The second-order valence-corrected chi connectivity index (χ2v) is 7.94. The molecule has 2 heterocycles. The summed E-state index contributed by atoms with van der Waals surface area (Å²) in [4.78, 5) is 31.4. The first kappa shape index (κ1) is 17.2. The fraction of sp³-hybridized carbons (Fsp3) is 0.316. The molecule has 0 unspecified atom stereocenters. The van der Waals surface area contributed by atoms with Gasteiger partial charge in [0.05, 0.1) is 18.1 Å². The molecular weight excluding hydrogens is 368 g/mol. The molecule has 0 atom stereocenters. The Hall–Kier alpha value is -2.25. The normalized spacial score (nSPS) is 13.6. The van der Waals surface area contributed by atoms with Crippen molar-refractivity contribution in [3.05, 3.63) is 54.9 Å². The van der Waals surface area contributed by atoms with E-state index in [1.807, 2.05) is 13.0 Å². The largest absolute Gasteiger partial charge is 0.496 e. The first-order chi connectivity index (χ1) is 12.5. The van der Waals surface area contributed by atoms with E-state index in [-0.39, 0.29) is 10.3 Å². The van der Waals surface area contributed by atoms with Crippen LogP contribution in [0.25, 0.3) is 10.2 Å². The highest BCUT2D eigenvalue weighted by atomic mass is 32.1. The van der Waals surface area contributed by atoms with Gasteiger partial charge in [0.1, 0.15) is 10.6 Å². The number of hydrogen-bond acceptors (Lipinski definition) is 5. The average molecular weight is 386 g/mol. The Morgan fingerprint density at radius 2 is 2.08 bits per heavy atom. The third-order valence-corrected chi connectivity index (χ3v) is 6.35. The minimum atomic E-state index is -0.463. The number of H-pyrrole nitrogens is 1. The zero-order valence-electron chi connectivity index (χ0n) is 14.5. The topological polar surface area (TPSA) is 64.1 Å². The lowest BCUT2D eigenvalue weighted by Crippen LogP contribution is -2.29. The van der Waals surface area contributed by atoms with Crippen LogP contribution in [0, 0.1) is 11.7 Å². The number of carbonyl (C=O) groups excluding carboxylic acids is 1. The van der Waals surface area contributed by atoms with E-state index < -0.39 is 5.91 Å². The average Bonchev–Trinajstić information content (AvgIpc) is 2.99. The summed E-state index contributed by atoms with van der Waals surface area (Å²) in [6.07, 6.45) is 4.05. The van der Waals surface area contributed by atoms with Crippen molar-refractivity contribution < 1.29 is 9.53 Å². The van der Waals surface area contributed by atoms with E-state index >= 15 is 0 Å². The second kappa shape index (κ2) is 6.48. The molecule has 0 spiro atoms. The Balaban J connectivity index is 1.98. The van der Waals surface area contributed by atoms with Gasteiger partial charge in [-0.2, -0.15) is 0 Å². The number of benzene rings is 1. The van der Waals surface area contributed by atoms with Gasteiger partial charge in [-0.05, 0) is 62.0 Å². The van der Waals surface area contributed by atoms with Crippen molar-refractivity contribution in [3.8, 4) is 5.75 Å². The summed E-state index contributed by atoms with van der Waals surface area (Å²) < 4.78 is 6.57. The van der Waals surface area contributed by atoms with E-state index in [1.165, 1.54) is 12.0 Å². The van der Waals surface area contributed by atoms with Crippen molar-refractivity contribution in [2.24, 2.45) is 0 Å². The van der Waals surface area contributed by atoms with Crippen LogP contribution in [0.3, 0.4) is 0 Å². The highest BCUT2D eigenvalue weighted by Gasteiger charge is 2.24. The van der Waals surface area contributed by atoms with Crippen molar-refractivity contribution >= 4 is 39.7 Å². The van der Waals surface area contributed by atoms with Gasteiger partial charge in [-0.15, -0.1) is 11.3 Å². The summed E-state index contributed by atoms with van der Waals surface area (Å²) in [5.74, 6) is 0.000652. The maximum absolute atomic E-state index is 13.2. The number of thiophene rings is 1. The Bertz CT molecular complexity index is 1150. The van der Waals surface area contributed by atoms with Crippen molar-refractivity contribution in [1.29, 1.82) is 0 Å². The lowest BCUT2D eigenvalue weighted by atomic mass is 9.97. The number of nitrogens with zero attached hydrogens (tertiary/aromatic N) is 1. The predicted octanol–water partition coefficient (Wildman–Crippen LogP) is 4.00. The summed E-state index contributed by atoms with van der Waals surface area (Å²) in [5, 5.41) is 0.610. The molecule has 0 saturated heterocycles. The van der Waals surface area contributed by atoms with Gasteiger partial charge in [-0.3, -0.25) is 9.59 Å². The number of ether oxygens (including phenoxy) is 1. The van der Waals surface area contributed by atoms with Crippen LogP contribution in [0.2, 0.25) is 0 Å². The molecule has 0 amide bonds. The molecule has 3 aromatic rings. The molecule has 0 bridgehead atoms. The Morgan fingerprint density at radius 1 is 1.31 bits per heavy atom. The van der Waals surface area contributed by atoms with Crippen LogP contribution in [0.5, 0.6) is 5.75 Å². The van der Waals surface area contributed by atoms with E-state index in [1.54, 1.807) is 23.5 Å². The van der Waals surface area contributed by atoms with Crippen molar-refractivity contribution in [2.45, 2.75) is 32.6 Å². The minimum absolute atomic E-state index is 0.120. The molecule has 134 valence electrons. The molecule has 2 aromatic heterocycles. The first-order valence-corrected chi connectivity index (χ1v) is 9.73. The van der Waals surface area contributed by atoms with Gasteiger partial charge in [-0.25, -0.2) is 4.57 Å². The van der Waals surface area contributed by atoms with Gasteiger partial charge in [0.15, 0.2) is 4.77 Å². The number of aromatic nitrogens is 2. The predicted molar refractivity (Wildman–Crippen MR) is 105 cm³/mol. The number of aromatic amines is 1. The third kappa shape index (κ3) is 2.54. The van der Waals surface area contributed by atoms with Crippen molar-refractivity contribution in [3.63, 3.8) is 0 Å². The maximum atomic E-state index is 13.2. The molecule has 1 aliphatic carbocycles. The number of nitrogens with one attached hydrogen (secondary N) is 1. The highest BCUT2D eigenvalue weighted by Crippen LogP contribution is 2.33. The molecule has 1 aliphatic rings. The van der Waals surface area contributed by atoms with Crippen molar-refractivity contribution in [2.75, 3.05) is 7.11 Å². The number of fused-ring (bicyclic) bond motifs is 3. The molecule has 0 saturated carbocycles. The van der Waals surface area contributed by atoms with Crippen molar-refractivity contribution in [1.82, 2.24) is 9.55 Å². The van der Waals surface area contributed by atoms with Gasteiger partial charge < -0.3 is 9.72 Å². The van der Waals surface area contributed by atoms with Crippen LogP contribution in [-0.2, 0) is 12.8 Å². The lowest BCUT2D eigenvalue weighted by Gasteiger charge is -2.12. The highest BCUT2D eigenvalue weighted by molar-refractivity contribution is 7.71. The SMILES string of the molecule is COc1c(C)cccc1C(=O)n1c(=S)[nH]c2sc3c(c2c1=O)CCCC3.